The van der Waals surface area contributed by atoms with Crippen LogP contribution in [0, 0.1) is 19.7 Å². The van der Waals surface area contributed by atoms with Crippen LogP contribution >= 0.6 is 11.6 Å². The molecule has 2 aromatic rings. The molecule has 1 aromatic heterocycles. The van der Waals surface area contributed by atoms with Gasteiger partial charge in [-0.15, -0.1) is 0 Å². The molecule has 1 heterocycles. The first kappa shape index (κ1) is 11.8. The first-order valence-corrected chi connectivity index (χ1v) is 5.43. The van der Waals surface area contributed by atoms with Gasteiger partial charge >= 0.3 is 0 Å². The highest BCUT2D eigenvalue weighted by atomic mass is 35.5. The van der Waals surface area contributed by atoms with Gasteiger partial charge in [-0.3, -0.25) is 0 Å². The molecule has 0 radical (unpaired) electrons. The SMILES string of the molecule is Cc1nc(N)c(-c2ccc(F)c(Cl)c2)nc1C. The fourth-order valence-electron chi connectivity index (χ4n) is 1.48. The van der Waals surface area contributed by atoms with Crippen LogP contribution in [-0.2, 0) is 0 Å². The number of aromatic nitrogens is 2. The van der Waals surface area contributed by atoms with E-state index in [1.807, 2.05) is 13.8 Å². The van der Waals surface area contributed by atoms with E-state index in [1.54, 1.807) is 6.07 Å². The Morgan fingerprint density at radius 3 is 2.47 bits per heavy atom. The molecule has 0 fully saturated rings. The van der Waals surface area contributed by atoms with Gasteiger partial charge in [-0.25, -0.2) is 14.4 Å². The minimum Gasteiger partial charge on any atom is -0.382 e. The quantitative estimate of drug-likeness (QED) is 0.847. The lowest BCUT2D eigenvalue weighted by Gasteiger charge is -2.08. The molecule has 3 nitrogen and oxygen atoms in total. The number of nitrogens with zero attached hydrogens (tertiary/aromatic N) is 2. The number of aryl methyl sites for hydroxylation is 2. The highest BCUT2D eigenvalue weighted by molar-refractivity contribution is 6.31. The van der Waals surface area contributed by atoms with E-state index in [0.29, 0.717) is 17.1 Å². The summed E-state index contributed by atoms with van der Waals surface area (Å²) in [5, 5.41) is 0.0435. The molecular weight excluding hydrogens is 241 g/mol. The Bertz CT molecular complexity index is 584. The van der Waals surface area contributed by atoms with Gasteiger partial charge in [0.15, 0.2) is 0 Å². The minimum absolute atomic E-state index is 0.0435. The predicted octanol–water partition coefficient (Wildman–Crippen LogP) is 3.14. The van der Waals surface area contributed by atoms with E-state index in [-0.39, 0.29) is 5.02 Å². The molecule has 0 amide bonds. The third-order valence-corrected chi connectivity index (χ3v) is 2.82. The van der Waals surface area contributed by atoms with Crippen LogP contribution in [0.3, 0.4) is 0 Å². The molecule has 1 aromatic carbocycles. The molecular formula is C12H11ClFN3. The summed E-state index contributed by atoms with van der Waals surface area (Å²) < 4.78 is 13.1. The van der Waals surface area contributed by atoms with Crippen LogP contribution in [0.25, 0.3) is 11.3 Å². The highest BCUT2D eigenvalue weighted by Gasteiger charge is 2.10. The summed E-state index contributed by atoms with van der Waals surface area (Å²) in [6.45, 7) is 3.68. The topological polar surface area (TPSA) is 51.8 Å². The smallest absolute Gasteiger partial charge is 0.150 e. The van der Waals surface area contributed by atoms with E-state index < -0.39 is 5.82 Å². The molecule has 0 aliphatic carbocycles. The Labute approximate surface area is 103 Å². The largest absolute Gasteiger partial charge is 0.382 e. The minimum atomic E-state index is -0.467. The van der Waals surface area contributed by atoms with Crippen molar-refractivity contribution in [2.45, 2.75) is 13.8 Å². The van der Waals surface area contributed by atoms with E-state index in [4.69, 9.17) is 17.3 Å². The van der Waals surface area contributed by atoms with Gasteiger partial charge in [0.1, 0.15) is 17.3 Å². The number of benzene rings is 1. The van der Waals surface area contributed by atoms with Crippen LogP contribution in [0.2, 0.25) is 5.02 Å². The van der Waals surface area contributed by atoms with Crippen LogP contribution in [0.5, 0.6) is 0 Å². The van der Waals surface area contributed by atoms with E-state index in [2.05, 4.69) is 9.97 Å². The van der Waals surface area contributed by atoms with E-state index >= 15 is 0 Å². The number of hydrogen-bond donors (Lipinski definition) is 1. The zero-order chi connectivity index (χ0) is 12.6. The molecule has 88 valence electrons. The van der Waals surface area contributed by atoms with Crippen molar-refractivity contribution in [1.82, 2.24) is 9.97 Å². The molecule has 0 aliphatic rings. The number of rotatable bonds is 1. The van der Waals surface area contributed by atoms with Crippen LogP contribution in [0.15, 0.2) is 18.2 Å². The lowest BCUT2D eigenvalue weighted by molar-refractivity contribution is 0.628. The van der Waals surface area contributed by atoms with Gasteiger partial charge in [0.05, 0.1) is 16.4 Å². The fourth-order valence-corrected chi connectivity index (χ4v) is 1.66. The van der Waals surface area contributed by atoms with Crippen molar-refractivity contribution in [3.05, 3.63) is 40.4 Å². The molecule has 0 spiro atoms. The lowest BCUT2D eigenvalue weighted by Crippen LogP contribution is -2.02. The summed E-state index contributed by atoms with van der Waals surface area (Å²) in [5.41, 5.74) is 8.54. The standard InChI is InChI=1S/C12H11ClFN3/c1-6-7(2)17-12(15)11(16-6)8-3-4-10(14)9(13)5-8/h3-5H,1-2H3,(H2,15,17). The average Bonchev–Trinajstić information content (AvgIpc) is 2.27. The maximum Gasteiger partial charge on any atom is 0.150 e. The molecule has 17 heavy (non-hydrogen) atoms. The molecule has 0 saturated heterocycles. The van der Waals surface area contributed by atoms with Gasteiger partial charge in [-0.1, -0.05) is 11.6 Å². The van der Waals surface area contributed by atoms with Gasteiger partial charge < -0.3 is 5.73 Å². The molecule has 2 N–H and O–H groups in total. The maximum absolute atomic E-state index is 13.1. The third kappa shape index (κ3) is 2.22. The monoisotopic (exact) mass is 251 g/mol. The third-order valence-electron chi connectivity index (χ3n) is 2.53. The zero-order valence-corrected chi connectivity index (χ0v) is 10.2. The second-order valence-corrected chi connectivity index (χ2v) is 4.16. The number of nitrogen functional groups attached to an aromatic ring is 1. The van der Waals surface area contributed by atoms with Gasteiger partial charge in [0.2, 0.25) is 0 Å². The van der Waals surface area contributed by atoms with Crippen LogP contribution in [-0.4, -0.2) is 9.97 Å². The van der Waals surface area contributed by atoms with Crippen molar-refractivity contribution in [3.8, 4) is 11.3 Å². The van der Waals surface area contributed by atoms with Crippen LogP contribution < -0.4 is 5.73 Å². The molecule has 0 saturated carbocycles. The van der Waals surface area contributed by atoms with Crippen molar-refractivity contribution in [2.24, 2.45) is 0 Å². The summed E-state index contributed by atoms with van der Waals surface area (Å²) in [6, 6.07) is 4.36. The second kappa shape index (κ2) is 4.30. The van der Waals surface area contributed by atoms with Crippen molar-refractivity contribution in [1.29, 1.82) is 0 Å². The lowest BCUT2D eigenvalue weighted by atomic mass is 10.1. The molecule has 2 rings (SSSR count). The Kier molecular flexibility index (Phi) is 2.98. The summed E-state index contributed by atoms with van der Waals surface area (Å²) in [4.78, 5) is 8.52. The molecule has 5 heteroatoms. The summed E-state index contributed by atoms with van der Waals surface area (Å²) in [6.07, 6.45) is 0. The first-order chi connectivity index (χ1) is 7.99. The average molecular weight is 252 g/mol. The molecule has 0 bridgehead atoms. The molecule has 0 aliphatic heterocycles. The fraction of sp³-hybridized carbons (Fsp3) is 0.167. The first-order valence-electron chi connectivity index (χ1n) is 5.05. The number of halogens is 2. The van der Waals surface area contributed by atoms with Crippen LogP contribution in [0.4, 0.5) is 10.2 Å². The number of hydrogen-bond acceptors (Lipinski definition) is 3. The van der Waals surface area contributed by atoms with E-state index in [0.717, 1.165) is 11.4 Å². The van der Waals surface area contributed by atoms with Crippen molar-refractivity contribution < 1.29 is 4.39 Å². The normalized spacial score (nSPS) is 10.6. The van der Waals surface area contributed by atoms with Crippen molar-refractivity contribution in [3.63, 3.8) is 0 Å². The van der Waals surface area contributed by atoms with Gasteiger partial charge in [-0.2, -0.15) is 0 Å². The Balaban J connectivity index is 2.60. The van der Waals surface area contributed by atoms with E-state index in [9.17, 15) is 4.39 Å². The predicted molar refractivity (Wildman–Crippen MR) is 66.3 cm³/mol. The maximum atomic E-state index is 13.1. The van der Waals surface area contributed by atoms with Gasteiger partial charge in [0, 0.05) is 5.56 Å². The Morgan fingerprint density at radius 1 is 1.18 bits per heavy atom. The second-order valence-electron chi connectivity index (χ2n) is 3.76. The van der Waals surface area contributed by atoms with Crippen LogP contribution in [0.1, 0.15) is 11.4 Å². The summed E-state index contributed by atoms with van der Waals surface area (Å²) in [7, 11) is 0. The summed E-state index contributed by atoms with van der Waals surface area (Å²) >= 11 is 5.72. The Hall–Kier alpha value is -1.68. The highest BCUT2D eigenvalue weighted by Crippen LogP contribution is 2.27. The molecule has 0 unspecified atom stereocenters. The zero-order valence-electron chi connectivity index (χ0n) is 9.46. The summed E-state index contributed by atoms with van der Waals surface area (Å²) in [5.74, 6) is -0.151. The van der Waals surface area contributed by atoms with E-state index in [1.165, 1.54) is 12.1 Å². The van der Waals surface area contributed by atoms with Crippen molar-refractivity contribution in [2.75, 3.05) is 5.73 Å². The van der Waals surface area contributed by atoms with Gasteiger partial charge in [-0.05, 0) is 32.0 Å². The van der Waals surface area contributed by atoms with Gasteiger partial charge in [0.25, 0.3) is 0 Å². The number of nitrogens with two attached hydrogens (primary N) is 1. The number of anilines is 1. The Morgan fingerprint density at radius 2 is 1.82 bits per heavy atom. The molecule has 0 atom stereocenters. The van der Waals surface area contributed by atoms with Crippen molar-refractivity contribution >= 4 is 17.4 Å².